The molecule has 0 saturated heterocycles. The molecular weight excluding hydrogens is 117 g/mol. The normalized spacial score (nSPS) is 10.8. The van der Waals surface area contributed by atoms with Gasteiger partial charge in [-0.1, -0.05) is 27.7 Å². The van der Waals surface area contributed by atoms with Gasteiger partial charge in [0, 0.05) is 0 Å². The topological polar surface area (TPSA) is 26.0 Å². The molecule has 0 aromatic carbocycles. The van der Waals surface area contributed by atoms with Crippen LogP contribution in [0.25, 0.3) is 0 Å². The van der Waals surface area contributed by atoms with Gasteiger partial charge in [0.1, 0.15) is 0 Å². The summed E-state index contributed by atoms with van der Waals surface area (Å²) in [5.41, 5.74) is 5.57. The van der Waals surface area contributed by atoms with Crippen LogP contribution in [0, 0.1) is 17.8 Å². The third-order valence-electron chi connectivity index (χ3n) is 1.98. The molecule has 2 N–H and O–H groups in total. The van der Waals surface area contributed by atoms with Crippen LogP contribution >= 0.6 is 0 Å². The molecule has 0 atom stereocenters. The van der Waals surface area contributed by atoms with Gasteiger partial charge < -0.3 is 5.73 Å². The van der Waals surface area contributed by atoms with E-state index < -0.39 is 0 Å². The van der Waals surface area contributed by atoms with Crippen LogP contribution in [0.4, 0.5) is 0 Å². The van der Waals surface area contributed by atoms with E-state index in [1.165, 1.54) is 0 Å². The molecule has 0 aromatic heterocycles. The molecule has 0 saturated carbocycles. The Morgan fingerprint density at radius 2 is 1.30 bits per heavy atom. The van der Waals surface area contributed by atoms with Crippen LogP contribution in [0.15, 0.2) is 0 Å². The van der Waals surface area contributed by atoms with Crippen molar-refractivity contribution in [2.45, 2.75) is 27.7 Å². The Morgan fingerprint density at radius 1 is 1.00 bits per heavy atom. The van der Waals surface area contributed by atoms with E-state index in [1.807, 2.05) is 0 Å². The second kappa shape index (κ2) is 6.28. The first-order valence-corrected chi connectivity index (χ1v) is 3.79. The van der Waals surface area contributed by atoms with Gasteiger partial charge in [-0.15, -0.1) is 0 Å². The summed E-state index contributed by atoms with van der Waals surface area (Å²) in [4.78, 5) is 0. The summed E-state index contributed by atoms with van der Waals surface area (Å²) in [7, 11) is 0. The van der Waals surface area contributed by atoms with Crippen LogP contribution in [-0.2, 0) is 0 Å². The quantitative estimate of drug-likeness (QED) is 0.581. The van der Waals surface area contributed by atoms with E-state index in [9.17, 15) is 0 Å². The summed E-state index contributed by atoms with van der Waals surface area (Å²) in [6, 6.07) is 0. The van der Waals surface area contributed by atoms with E-state index in [1.54, 1.807) is 0 Å². The number of hydrogen-bond donors (Lipinski definition) is 1. The fraction of sp³-hybridized carbons (Fsp3) is 1.00. The molecule has 0 rings (SSSR count). The molecule has 0 aliphatic heterocycles. The molecule has 0 amide bonds. The van der Waals surface area contributed by atoms with Gasteiger partial charge in [-0.25, -0.2) is 0 Å². The molecule has 0 fully saturated rings. The van der Waals surface area contributed by atoms with Gasteiger partial charge in [0.2, 0.25) is 0 Å². The molecule has 58 valence electrons. The Kier molecular flexibility index (Phi) is 8.27. The minimum atomic E-state index is 0. The fourth-order valence-electron chi connectivity index (χ4n) is 1.31. The first-order chi connectivity index (χ1) is 4.09. The summed E-state index contributed by atoms with van der Waals surface area (Å²) in [5, 5.41) is 0. The van der Waals surface area contributed by atoms with E-state index in [2.05, 4.69) is 27.7 Å². The van der Waals surface area contributed by atoms with Crippen LogP contribution < -0.4 is 5.73 Å². The summed E-state index contributed by atoms with van der Waals surface area (Å²) in [5.74, 6) is 2.16. The molecule has 0 bridgehead atoms. The predicted octanol–water partition coefficient (Wildman–Crippen LogP) is 1.22. The van der Waals surface area contributed by atoms with E-state index in [4.69, 9.17) is 5.73 Å². The molecule has 0 unspecified atom stereocenters. The molecule has 0 aliphatic rings. The van der Waals surface area contributed by atoms with E-state index in [0.717, 1.165) is 18.4 Å². The van der Waals surface area contributed by atoms with Crippen molar-refractivity contribution in [1.29, 1.82) is 0 Å². The first-order valence-electron chi connectivity index (χ1n) is 3.79. The van der Waals surface area contributed by atoms with Gasteiger partial charge >= 0.3 is 18.9 Å². The Balaban J connectivity index is 0. The Labute approximate surface area is 76.9 Å². The zero-order chi connectivity index (χ0) is 7.44. The average molecular weight is 137 g/mol. The van der Waals surface area contributed by atoms with Gasteiger partial charge in [-0.3, -0.25) is 0 Å². The second-order valence-electron chi connectivity index (χ2n) is 3.39. The molecule has 0 spiro atoms. The monoisotopic (exact) mass is 137 g/mol. The first kappa shape index (κ1) is 13.2. The fourth-order valence-corrected chi connectivity index (χ4v) is 1.31. The van der Waals surface area contributed by atoms with Crippen LogP contribution in [-0.4, -0.2) is 25.4 Å². The van der Waals surface area contributed by atoms with Crippen molar-refractivity contribution < 1.29 is 0 Å². The minimum absolute atomic E-state index is 0. The van der Waals surface area contributed by atoms with Crippen molar-refractivity contribution in [3.8, 4) is 0 Å². The van der Waals surface area contributed by atoms with Crippen LogP contribution in [0.1, 0.15) is 27.7 Å². The van der Waals surface area contributed by atoms with Gasteiger partial charge in [0.05, 0.1) is 0 Å². The van der Waals surface area contributed by atoms with E-state index in [0.29, 0.717) is 5.92 Å². The molecule has 0 aliphatic carbocycles. The van der Waals surface area contributed by atoms with Crippen molar-refractivity contribution in [2.24, 2.45) is 23.5 Å². The molecular formula is C8H20LiN. The zero-order valence-corrected chi connectivity index (χ0v) is 7.02. The van der Waals surface area contributed by atoms with Crippen molar-refractivity contribution in [1.82, 2.24) is 0 Å². The third kappa shape index (κ3) is 4.39. The van der Waals surface area contributed by atoms with Gasteiger partial charge in [0.15, 0.2) is 0 Å². The molecule has 10 heavy (non-hydrogen) atoms. The third-order valence-corrected chi connectivity index (χ3v) is 1.98. The zero-order valence-electron chi connectivity index (χ0n) is 7.02. The number of rotatable bonds is 3. The standard InChI is InChI=1S/C8H19N.Li.H/c1-6(2)8(5-9)7(3)4;;/h6-8H,5,9H2,1-4H3;;. The Hall–Kier alpha value is 0.557. The maximum absolute atomic E-state index is 5.57. The Morgan fingerprint density at radius 3 is 1.30 bits per heavy atom. The van der Waals surface area contributed by atoms with Gasteiger partial charge in [-0.05, 0) is 24.3 Å². The van der Waals surface area contributed by atoms with E-state index in [-0.39, 0.29) is 18.9 Å². The van der Waals surface area contributed by atoms with Crippen molar-refractivity contribution in [2.75, 3.05) is 6.54 Å². The van der Waals surface area contributed by atoms with Gasteiger partial charge in [-0.2, -0.15) is 0 Å². The molecule has 0 aromatic rings. The molecule has 0 heterocycles. The molecule has 2 heteroatoms. The predicted molar refractivity (Wildman–Crippen MR) is 49.4 cm³/mol. The summed E-state index contributed by atoms with van der Waals surface area (Å²) in [6.07, 6.45) is 0. The summed E-state index contributed by atoms with van der Waals surface area (Å²) >= 11 is 0. The van der Waals surface area contributed by atoms with Gasteiger partial charge in [0.25, 0.3) is 0 Å². The molecule has 1 nitrogen and oxygen atoms in total. The summed E-state index contributed by atoms with van der Waals surface area (Å²) in [6.45, 7) is 9.76. The Bertz CT molecular complexity index is 63.7. The summed E-state index contributed by atoms with van der Waals surface area (Å²) < 4.78 is 0. The number of nitrogens with two attached hydrogens (primary N) is 1. The second-order valence-corrected chi connectivity index (χ2v) is 3.39. The average Bonchev–Trinajstić information content (AvgIpc) is 1.64. The maximum atomic E-state index is 5.57. The van der Waals surface area contributed by atoms with E-state index >= 15 is 0 Å². The van der Waals surface area contributed by atoms with Crippen LogP contribution in [0.2, 0.25) is 0 Å². The SMILES string of the molecule is CC(C)C(CN)C(C)C.[LiH]. The van der Waals surface area contributed by atoms with Crippen LogP contribution in [0.5, 0.6) is 0 Å². The van der Waals surface area contributed by atoms with Crippen molar-refractivity contribution >= 4 is 18.9 Å². The van der Waals surface area contributed by atoms with Crippen LogP contribution in [0.3, 0.4) is 0 Å². The number of hydrogen-bond acceptors (Lipinski definition) is 1. The molecule has 0 radical (unpaired) electrons. The van der Waals surface area contributed by atoms with Crippen molar-refractivity contribution in [3.63, 3.8) is 0 Å². The van der Waals surface area contributed by atoms with Crippen molar-refractivity contribution in [3.05, 3.63) is 0 Å².